The summed E-state index contributed by atoms with van der Waals surface area (Å²) in [6.07, 6.45) is 1.61. The van der Waals surface area contributed by atoms with E-state index >= 15 is 0 Å². The van der Waals surface area contributed by atoms with Gasteiger partial charge in [-0.05, 0) is 51.3 Å². The van der Waals surface area contributed by atoms with Crippen molar-refractivity contribution in [1.29, 1.82) is 0 Å². The van der Waals surface area contributed by atoms with E-state index in [4.69, 9.17) is 22.1 Å². The van der Waals surface area contributed by atoms with Gasteiger partial charge in [0.05, 0.1) is 16.8 Å². The standard InChI is InChI=1S/C15H21ClN2O2/c1-15(2,3)20-14(19)18-8-4-5-13(18)10-6-7-12(17)11(16)9-10/h6-7,9,13H,4-5,8,17H2,1-3H3. The van der Waals surface area contributed by atoms with Crippen LogP contribution in [0.15, 0.2) is 18.2 Å². The van der Waals surface area contributed by atoms with Crippen molar-refractivity contribution in [2.45, 2.75) is 45.3 Å². The van der Waals surface area contributed by atoms with Gasteiger partial charge < -0.3 is 15.4 Å². The van der Waals surface area contributed by atoms with E-state index in [1.165, 1.54) is 0 Å². The Bertz CT molecular complexity index is 511. The van der Waals surface area contributed by atoms with Crippen molar-refractivity contribution in [1.82, 2.24) is 4.90 Å². The number of amides is 1. The fourth-order valence-corrected chi connectivity index (χ4v) is 2.59. The van der Waals surface area contributed by atoms with Crippen LogP contribution in [-0.2, 0) is 4.74 Å². The first-order valence-corrected chi connectivity index (χ1v) is 7.20. The van der Waals surface area contributed by atoms with Crippen molar-refractivity contribution in [2.24, 2.45) is 0 Å². The first kappa shape index (κ1) is 15.0. The quantitative estimate of drug-likeness (QED) is 0.797. The van der Waals surface area contributed by atoms with Gasteiger partial charge in [0.2, 0.25) is 0 Å². The molecule has 0 saturated carbocycles. The molecule has 1 fully saturated rings. The Labute approximate surface area is 124 Å². The van der Waals surface area contributed by atoms with Gasteiger partial charge in [0.1, 0.15) is 5.60 Å². The zero-order valence-electron chi connectivity index (χ0n) is 12.1. The highest BCUT2D eigenvalue weighted by Gasteiger charge is 2.33. The first-order valence-electron chi connectivity index (χ1n) is 6.82. The molecule has 0 bridgehead atoms. The number of hydrogen-bond donors (Lipinski definition) is 1. The Kier molecular flexibility index (Phi) is 4.14. The van der Waals surface area contributed by atoms with E-state index in [1.807, 2.05) is 32.9 Å². The molecular formula is C15H21ClN2O2. The number of carbonyl (C=O) groups is 1. The van der Waals surface area contributed by atoms with Crippen molar-refractivity contribution >= 4 is 23.4 Å². The molecule has 2 N–H and O–H groups in total. The van der Waals surface area contributed by atoms with Crippen molar-refractivity contribution < 1.29 is 9.53 Å². The van der Waals surface area contributed by atoms with E-state index in [0.717, 1.165) is 18.4 Å². The smallest absolute Gasteiger partial charge is 0.410 e. The monoisotopic (exact) mass is 296 g/mol. The summed E-state index contributed by atoms with van der Waals surface area (Å²) in [5.74, 6) is 0. The van der Waals surface area contributed by atoms with Gasteiger partial charge in [0.15, 0.2) is 0 Å². The highest BCUT2D eigenvalue weighted by molar-refractivity contribution is 6.33. The molecule has 1 unspecified atom stereocenters. The minimum atomic E-state index is -0.483. The second kappa shape index (κ2) is 5.52. The van der Waals surface area contributed by atoms with E-state index in [1.54, 1.807) is 11.0 Å². The third kappa shape index (κ3) is 3.37. The Balaban J connectivity index is 2.18. The Morgan fingerprint density at radius 1 is 1.45 bits per heavy atom. The number of benzene rings is 1. The zero-order valence-corrected chi connectivity index (χ0v) is 12.9. The SMILES string of the molecule is CC(C)(C)OC(=O)N1CCCC1c1ccc(N)c(Cl)c1. The molecule has 1 atom stereocenters. The number of nitrogen functional groups attached to an aromatic ring is 1. The van der Waals surface area contributed by atoms with Crippen LogP contribution in [0.3, 0.4) is 0 Å². The molecule has 1 aliphatic rings. The van der Waals surface area contributed by atoms with Crippen molar-refractivity contribution in [3.8, 4) is 0 Å². The van der Waals surface area contributed by atoms with E-state index < -0.39 is 5.60 Å². The van der Waals surface area contributed by atoms with Gasteiger partial charge in [-0.1, -0.05) is 17.7 Å². The van der Waals surface area contributed by atoms with E-state index in [-0.39, 0.29) is 12.1 Å². The number of rotatable bonds is 1. The molecule has 1 amide bonds. The van der Waals surface area contributed by atoms with Crippen LogP contribution in [0.25, 0.3) is 0 Å². The number of halogens is 1. The highest BCUT2D eigenvalue weighted by atomic mass is 35.5. The third-order valence-electron chi connectivity index (χ3n) is 3.29. The van der Waals surface area contributed by atoms with Gasteiger partial charge in [-0.3, -0.25) is 0 Å². The molecular weight excluding hydrogens is 276 g/mol. The van der Waals surface area contributed by atoms with Crippen molar-refractivity contribution in [2.75, 3.05) is 12.3 Å². The number of ether oxygens (including phenoxy) is 1. The summed E-state index contributed by atoms with van der Waals surface area (Å²) in [6.45, 7) is 6.32. The number of anilines is 1. The van der Waals surface area contributed by atoms with Crippen LogP contribution in [-0.4, -0.2) is 23.1 Å². The third-order valence-corrected chi connectivity index (χ3v) is 3.62. The maximum atomic E-state index is 12.2. The normalized spacial score (nSPS) is 19.2. The van der Waals surface area contributed by atoms with Crippen molar-refractivity contribution in [3.63, 3.8) is 0 Å². The maximum absolute atomic E-state index is 12.2. The van der Waals surface area contributed by atoms with Gasteiger partial charge in [0.25, 0.3) is 0 Å². The average molecular weight is 297 g/mol. The molecule has 1 heterocycles. The number of nitrogens with zero attached hydrogens (tertiary/aromatic N) is 1. The number of likely N-dealkylation sites (tertiary alicyclic amines) is 1. The maximum Gasteiger partial charge on any atom is 0.410 e. The molecule has 2 rings (SSSR count). The van der Waals surface area contributed by atoms with Gasteiger partial charge in [0, 0.05) is 6.54 Å². The molecule has 110 valence electrons. The summed E-state index contributed by atoms with van der Waals surface area (Å²) in [6, 6.07) is 5.56. The van der Waals surface area contributed by atoms with E-state index in [2.05, 4.69) is 0 Å². The van der Waals surface area contributed by atoms with Crippen LogP contribution < -0.4 is 5.73 Å². The van der Waals surface area contributed by atoms with E-state index in [9.17, 15) is 4.79 Å². The first-order chi connectivity index (χ1) is 9.28. The lowest BCUT2D eigenvalue weighted by atomic mass is 10.0. The molecule has 1 aromatic carbocycles. The largest absolute Gasteiger partial charge is 0.444 e. The fourth-order valence-electron chi connectivity index (χ4n) is 2.40. The molecule has 0 spiro atoms. The molecule has 4 nitrogen and oxygen atoms in total. The second-order valence-electron chi connectivity index (χ2n) is 6.11. The van der Waals surface area contributed by atoms with Gasteiger partial charge in [-0.15, -0.1) is 0 Å². The molecule has 0 aliphatic carbocycles. The molecule has 1 saturated heterocycles. The lowest BCUT2D eigenvalue weighted by molar-refractivity contribution is 0.0224. The van der Waals surface area contributed by atoms with Crippen LogP contribution in [0.4, 0.5) is 10.5 Å². The van der Waals surface area contributed by atoms with Gasteiger partial charge >= 0.3 is 6.09 Å². The van der Waals surface area contributed by atoms with Crippen LogP contribution in [0.2, 0.25) is 5.02 Å². The van der Waals surface area contributed by atoms with Crippen molar-refractivity contribution in [3.05, 3.63) is 28.8 Å². The minimum Gasteiger partial charge on any atom is -0.444 e. The second-order valence-corrected chi connectivity index (χ2v) is 6.52. The summed E-state index contributed by atoms with van der Waals surface area (Å²) < 4.78 is 5.46. The Morgan fingerprint density at radius 2 is 2.15 bits per heavy atom. The topological polar surface area (TPSA) is 55.6 Å². The van der Waals surface area contributed by atoms with Crippen LogP contribution in [0.5, 0.6) is 0 Å². The molecule has 1 aromatic rings. The summed E-state index contributed by atoms with van der Waals surface area (Å²) >= 11 is 6.07. The van der Waals surface area contributed by atoms with Gasteiger partial charge in [-0.25, -0.2) is 4.79 Å². The predicted octanol–water partition coefficient (Wildman–Crippen LogP) is 3.99. The molecule has 5 heteroatoms. The molecule has 20 heavy (non-hydrogen) atoms. The number of hydrogen-bond acceptors (Lipinski definition) is 3. The van der Waals surface area contributed by atoms with Crippen LogP contribution >= 0.6 is 11.6 Å². The summed E-state index contributed by atoms with van der Waals surface area (Å²) in [4.78, 5) is 14.0. The summed E-state index contributed by atoms with van der Waals surface area (Å²) in [5.41, 5.74) is 6.80. The molecule has 0 radical (unpaired) electrons. The summed E-state index contributed by atoms with van der Waals surface area (Å²) in [5, 5.41) is 0.526. The molecule has 0 aromatic heterocycles. The highest BCUT2D eigenvalue weighted by Crippen LogP contribution is 2.35. The zero-order chi connectivity index (χ0) is 14.9. The fraction of sp³-hybridized carbons (Fsp3) is 0.533. The molecule has 1 aliphatic heterocycles. The van der Waals surface area contributed by atoms with Crippen LogP contribution in [0, 0.1) is 0 Å². The van der Waals surface area contributed by atoms with E-state index in [0.29, 0.717) is 17.3 Å². The summed E-state index contributed by atoms with van der Waals surface area (Å²) in [7, 11) is 0. The van der Waals surface area contributed by atoms with Crippen LogP contribution in [0.1, 0.15) is 45.2 Å². The number of carbonyl (C=O) groups excluding carboxylic acids is 1. The number of nitrogens with two attached hydrogens (primary N) is 1. The average Bonchev–Trinajstić information content (AvgIpc) is 2.79. The van der Waals surface area contributed by atoms with Gasteiger partial charge in [-0.2, -0.15) is 0 Å². The minimum absolute atomic E-state index is 0.0166. The lowest BCUT2D eigenvalue weighted by Crippen LogP contribution is -2.36. The Hall–Kier alpha value is -1.42. The predicted molar refractivity (Wildman–Crippen MR) is 80.8 cm³/mol. The Morgan fingerprint density at radius 3 is 2.75 bits per heavy atom. The lowest BCUT2D eigenvalue weighted by Gasteiger charge is -2.29.